The van der Waals surface area contributed by atoms with Crippen LogP contribution in [0.5, 0.6) is 5.75 Å². The van der Waals surface area contributed by atoms with Crippen molar-refractivity contribution < 1.29 is 19.8 Å². The molecule has 8 heteroatoms. The van der Waals surface area contributed by atoms with E-state index in [0.29, 0.717) is 15.3 Å². The van der Waals surface area contributed by atoms with Crippen LogP contribution < -0.4 is 5.32 Å². The Morgan fingerprint density at radius 1 is 1.40 bits per heavy atom. The van der Waals surface area contributed by atoms with E-state index in [1.165, 1.54) is 6.07 Å². The second kappa shape index (κ2) is 6.02. The van der Waals surface area contributed by atoms with Gasteiger partial charge in [-0.3, -0.25) is 14.9 Å². The Morgan fingerprint density at radius 2 is 2.15 bits per heavy atom. The molecule has 1 heterocycles. The highest BCUT2D eigenvalue weighted by Crippen LogP contribution is 2.25. The van der Waals surface area contributed by atoms with Crippen molar-refractivity contribution in [2.75, 3.05) is 5.32 Å². The predicted octanol–water partition coefficient (Wildman–Crippen LogP) is 2.49. The lowest BCUT2D eigenvalue weighted by Gasteiger charge is -2.03. The molecule has 0 aliphatic heterocycles. The van der Waals surface area contributed by atoms with Gasteiger partial charge in [0.05, 0.1) is 16.6 Å². The summed E-state index contributed by atoms with van der Waals surface area (Å²) in [5, 5.41) is 22.6. The number of hydrogen-bond acceptors (Lipinski definition) is 5. The summed E-state index contributed by atoms with van der Waals surface area (Å²) in [6.45, 7) is 0. The lowest BCUT2D eigenvalue weighted by Crippen LogP contribution is -2.11. The van der Waals surface area contributed by atoms with Gasteiger partial charge in [0.1, 0.15) is 5.75 Å². The molecule has 6 nitrogen and oxygen atoms in total. The number of rotatable bonds is 4. The van der Waals surface area contributed by atoms with E-state index in [2.05, 4.69) is 26.2 Å². The quantitative estimate of drug-likeness (QED) is 0.781. The molecule has 0 radical (unpaired) electrons. The Labute approximate surface area is 126 Å². The molecule has 0 atom stereocenters. The fourth-order valence-corrected chi connectivity index (χ4v) is 2.38. The van der Waals surface area contributed by atoms with Crippen molar-refractivity contribution in [3.63, 3.8) is 0 Å². The maximum Gasteiger partial charge on any atom is 0.309 e. The number of nitrogens with one attached hydrogen (secondary N) is 1. The summed E-state index contributed by atoms with van der Waals surface area (Å²) in [4.78, 5) is 26.4. The minimum Gasteiger partial charge on any atom is -0.507 e. The van der Waals surface area contributed by atoms with Crippen LogP contribution in [0.3, 0.4) is 0 Å². The van der Waals surface area contributed by atoms with E-state index >= 15 is 0 Å². The maximum absolute atomic E-state index is 11.9. The van der Waals surface area contributed by atoms with Gasteiger partial charge in [-0.25, -0.2) is 4.98 Å². The van der Waals surface area contributed by atoms with Crippen LogP contribution in [-0.4, -0.2) is 27.1 Å². The van der Waals surface area contributed by atoms with Crippen molar-refractivity contribution in [3.05, 3.63) is 39.3 Å². The zero-order chi connectivity index (χ0) is 14.7. The number of phenolic OH excluding ortho intramolecular Hbond substituents is 1. The van der Waals surface area contributed by atoms with E-state index in [1.807, 2.05) is 0 Å². The monoisotopic (exact) mass is 356 g/mol. The molecule has 0 aliphatic rings. The number of halogens is 1. The van der Waals surface area contributed by atoms with Crippen LogP contribution in [0.15, 0.2) is 28.1 Å². The molecule has 104 valence electrons. The number of carboxylic acid groups (broad SMARTS) is 1. The number of anilines is 1. The first-order chi connectivity index (χ1) is 9.45. The number of phenols is 1. The summed E-state index contributed by atoms with van der Waals surface area (Å²) >= 11 is 4.27. The summed E-state index contributed by atoms with van der Waals surface area (Å²) in [5.41, 5.74) is 0.664. The molecule has 2 rings (SSSR count). The Bertz CT molecular complexity index is 671. The normalized spacial score (nSPS) is 10.2. The third kappa shape index (κ3) is 3.55. The van der Waals surface area contributed by atoms with Gasteiger partial charge in [0.25, 0.3) is 5.91 Å². The van der Waals surface area contributed by atoms with Crippen LogP contribution in [0.1, 0.15) is 16.1 Å². The topological polar surface area (TPSA) is 99.5 Å². The predicted molar refractivity (Wildman–Crippen MR) is 77.2 cm³/mol. The van der Waals surface area contributed by atoms with Gasteiger partial charge in [-0.05, 0) is 34.1 Å². The van der Waals surface area contributed by atoms with Crippen molar-refractivity contribution in [2.24, 2.45) is 0 Å². The van der Waals surface area contributed by atoms with Crippen molar-refractivity contribution in [3.8, 4) is 5.75 Å². The van der Waals surface area contributed by atoms with E-state index in [9.17, 15) is 14.7 Å². The van der Waals surface area contributed by atoms with Crippen LogP contribution in [0.2, 0.25) is 0 Å². The van der Waals surface area contributed by atoms with E-state index in [4.69, 9.17) is 5.11 Å². The number of amides is 1. The maximum atomic E-state index is 11.9. The van der Waals surface area contributed by atoms with Gasteiger partial charge >= 0.3 is 5.97 Å². The third-order valence-electron chi connectivity index (χ3n) is 2.31. The Kier molecular flexibility index (Phi) is 4.35. The summed E-state index contributed by atoms with van der Waals surface area (Å²) in [5.74, 6) is -1.45. The van der Waals surface area contributed by atoms with Gasteiger partial charge in [-0.1, -0.05) is 0 Å². The molecule has 1 aromatic heterocycles. The highest BCUT2D eigenvalue weighted by molar-refractivity contribution is 9.10. The second-order valence-corrected chi connectivity index (χ2v) is 5.55. The van der Waals surface area contributed by atoms with Gasteiger partial charge in [0, 0.05) is 10.9 Å². The van der Waals surface area contributed by atoms with Gasteiger partial charge in [-0.2, -0.15) is 0 Å². The Balaban J connectivity index is 2.09. The number of hydrogen-bond donors (Lipinski definition) is 3. The smallest absolute Gasteiger partial charge is 0.309 e. The van der Waals surface area contributed by atoms with Crippen molar-refractivity contribution in [2.45, 2.75) is 6.42 Å². The molecule has 0 unspecified atom stereocenters. The summed E-state index contributed by atoms with van der Waals surface area (Å²) in [7, 11) is 0. The summed E-state index contributed by atoms with van der Waals surface area (Å²) in [6.07, 6.45) is -0.189. The van der Waals surface area contributed by atoms with Crippen LogP contribution in [-0.2, 0) is 11.2 Å². The van der Waals surface area contributed by atoms with Crippen LogP contribution >= 0.6 is 27.3 Å². The van der Waals surface area contributed by atoms with E-state index in [-0.39, 0.29) is 17.7 Å². The molecule has 0 saturated carbocycles. The number of carboxylic acids is 1. The van der Waals surface area contributed by atoms with Gasteiger partial charge < -0.3 is 10.2 Å². The summed E-state index contributed by atoms with van der Waals surface area (Å²) in [6, 6.07) is 4.43. The molecule has 0 fully saturated rings. The molecule has 20 heavy (non-hydrogen) atoms. The molecule has 0 bridgehead atoms. The zero-order valence-corrected chi connectivity index (χ0v) is 12.4. The lowest BCUT2D eigenvalue weighted by atomic mass is 10.2. The number of benzene rings is 1. The molecule has 0 spiro atoms. The molecule has 0 saturated heterocycles. The minimum atomic E-state index is -0.981. The average Bonchev–Trinajstić information content (AvgIpc) is 2.79. The Morgan fingerprint density at radius 3 is 2.80 bits per heavy atom. The van der Waals surface area contributed by atoms with Crippen molar-refractivity contribution >= 4 is 44.3 Å². The first kappa shape index (κ1) is 14.5. The SMILES string of the molecule is O=C(O)Cc1csc(NC(=O)c2ccc(Br)c(O)c2)n1. The van der Waals surface area contributed by atoms with Gasteiger partial charge in [-0.15, -0.1) is 11.3 Å². The van der Waals surface area contributed by atoms with E-state index in [1.54, 1.807) is 17.5 Å². The molecular weight excluding hydrogens is 348 g/mol. The van der Waals surface area contributed by atoms with Gasteiger partial charge in [0.15, 0.2) is 5.13 Å². The van der Waals surface area contributed by atoms with Crippen LogP contribution in [0, 0.1) is 0 Å². The lowest BCUT2D eigenvalue weighted by molar-refractivity contribution is -0.136. The highest BCUT2D eigenvalue weighted by Gasteiger charge is 2.12. The fourth-order valence-electron chi connectivity index (χ4n) is 1.42. The second-order valence-electron chi connectivity index (χ2n) is 3.83. The molecule has 3 N–H and O–H groups in total. The van der Waals surface area contributed by atoms with Crippen LogP contribution in [0.25, 0.3) is 0 Å². The number of carbonyl (C=O) groups excluding carboxylic acids is 1. The van der Waals surface area contributed by atoms with Gasteiger partial charge in [0.2, 0.25) is 0 Å². The Hall–Kier alpha value is -1.93. The molecular formula is C12H9BrN2O4S. The largest absolute Gasteiger partial charge is 0.507 e. The molecule has 2 aromatic rings. The van der Waals surface area contributed by atoms with E-state index in [0.717, 1.165) is 11.3 Å². The number of aromatic nitrogens is 1. The third-order valence-corrected chi connectivity index (χ3v) is 3.79. The summed E-state index contributed by atoms with van der Waals surface area (Å²) < 4.78 is 0.493. The zero-order valence-electron chi connectivity index (χ0n) is 9.96. The number of aromatic hydroxyl groups is 1. The number of carbonyl (C=O) groups is 2. The molecule has 0 aliphatic carbocycles. The first-order valence-corrected chi connectivity index (χ1v) is 7.09. The first-order valence-electron chi connectivity index (χ1n) is 5.42. The van der Waals surface area contributed by atoms with E-state index < -0.39 is 11.9 Å². The minimum absolute atomic E-state index is 0.0386. The van der Waals surface area contributed by atoms with Crippen molar-refractivity contribution in [1.82, 2.24) is 4.98 Å². The van der Waals surface area contributed by atoms with Crippen molar-refractivity contribution in [1.29, 1.82) is 0 Å². The average molecular weight is 357 g/mol. The molecule has 1 aromatic carbocycles. The number of nitrogens with zero attached hydrogens (tertiary/aromatic N) is 1. The number of aliphatic carboxylic acids is 1. The van der Waals surface area contributed by atoms with Crippen LogP contribution in [0.4, 0.5) is 5.13 Å². The highest BCUT2D eigenvalue weighted by atomic mass is 79.9. The number of thiazole rings is 1. The fraction of sp³-hybridized carbons (Fsp3) is 0.0833. The molecule has 1 amide bonds. The standard InChI is InChI=1S/C12H9BrN2O4S/c13-8-2-1-6(3-9(8)16)11(19)15-12-14-7(5-20-12)4-10(17)18/h1-3,5,16H,4H2,(H,17,18)(H,14,15,19).